The maximum absolute atomic E-state index is 2.12. The number of aromatic nitrogens is 1. The van der Waals surface area contributed by atoms with E-state index in [0.717, 1.165) is 0 Å². The molecule has 0 aliphatic heterocycles. The first kappa shape index (κ1) is 15.8. The van der Waals surface area contributed by atoms with Crippen LogP contribution in [0.2, 0.25) is 0 Å². The van der Waals surface area contributed by atoms with Crippen LogP contribution in [0.5, 0.6) is 0 Å². The van der Waals surface area contributed by atoms with Crippen LogP contribution in [0.3, 0.4) is 0 Å². The first-order valence-corrected chi connectivity index (χ1v) is 5.03. The fraction of sp³-hybridized carbons (Fsp3) is 0.0714. The van der Waals surface area contributed by atoms with Crippen LogP contribution in [-0.2, 0) is 7.05 Å². The third kappa shape index (κ3) is 5.10. The molecule has 0 saturated carbocycles. The molecule has 2 rings (SSSR count). The van der Waals surface area contributed by atoms with Crippen LogP contribution in [0.15, 0.2) is 54.9 Å². The highest BCUT2D eigenvalue weighted by molar-refractivity contribution is 5.68. The highest BCUT2D eigenvalue weighted by Crippen LogP contribution is 2.05. The molecule has 0 spiro atoms. The zero-order valence-corrected chi connectivity index (χ0v) is 11.8. The van der Waals surface area contributed by atoms with Crippen LogP contribution in [-0.4, -0.2) is 5.48 Å². The van der Waals surface area contributed by atoms with Gasteiger partial charge in [-0.1, -0.05) is 42.5 Å². The second-order valence-electron chi connectivity index (χ2n) is 3.54. The number of aryl methyl sites for hydroxylation is 1. The summed E-state index contributed by atoms with van der Waals surface area (Å²) in [4.78, 5) is 0. The summed E-state index contributed by atoms with van der Waals surface area (Å²) < 4.78 is 2.03. The Bertz CT molecular complexity index is 451. The van der Waals surface area contributed by atoms with Gasteiger partial charge in [-0.25, -0.2) is 4.57 Å². The number of nitrogens with zero attached hydrogens (tertiary/aromatic N) is 1. The summed E-state index contributed by atoms with van der Waals surface area (Å²) in [7, 11) is 2.02. The van der Waals surface area contributed by atoms with Gasteiger partial charge in [0.15, 0.2) is 12.4 Å². The smallest absolute Gasteiger partial charge is 0.169 e. The van der Waals surface area contributed by atoms with Crippen molar-refractivity contribution >= 4 is 12.2 Å². The van der Waals surface area contributed by atoms with Gasteiger partial charge in [-0.3, -0.25) is 0 Å². The lowest BCUT2D eigenvalue weighted by molar-refractivity contribution is -0.671. The van der Waals surface area contributed by atoms with Gasteiger partial charge >= 0.3 is 0 Å². The van der Waals surface area contributed by atoms with Gasteiger partial charge in [-0.05, 0) is 11.1 Å². The molecule has 0 unspecified atom stereocenters. The van der Waals surface area contributed by atoms with Crippen LogP contribution in [0.1, 0.15) is 11.1 Å². The summed E-state index contributed by atoms with van der Waals surface area (Å²) >= 11 is 0. The van der Waals surface area contributed by atoms with Crippen molar-refractivity contribution in [2.75, 3.05) is 0 Å². The topological polar surface area (TPSA) is 35.4 Å². The molecule has 90 valence electrons. The third-order valence-corrected chi connectivity index (χ3v) is 2.27. The Morgan fingerprint density at radius 1 is 0.824 bits per heavy atom. The van der Waals surface area contributed by atoms with Crippen molar-refractivity contribution in [3.05, 3.63) is 66.0 Å². The summed E-state index contributed by atoms with van der Waals surface area (Å²) in [5, 5.41) is 0. The van der Waals surface area contributed by atoms with E-state index in [1.807, 2.05) is 42.2 Å². The molecule has 0 saturated heterocycles. The van der Waals surface area contributed by atoms with E-state index < -0.39 is 0 Å². The van der Waals surface area contributed by atoms with E-state index in [0.29, 0.717) is 0 Å². The molecule has 1 heterocycles. The lowest BCUT2D eigenvalue weighted by Crippen LogP contribution is -3.00. The van der Waals surface area contributed by atoms with Crippen LogP contribution in [0.4, 0.5) is 0 Å². The lowest BCUT2D eigenvalue weighted by Gasteiger charge is -1.92. The minimum Gasteiger partial charge on any atom is -1.00 e. The van der Waals surface area contributed by atoms with Crippen LogP contribution < -0.4 is 28.5 Å². The molecule has 0 aliphatic carbocycles. The minimum atomic E-state index is 0. The Balaban J connectivity index is 0.00000128. The normalized spacial score (nSPS) is 9.47. The Labute approximate surface area is 119 Å². The minimum absolute atomic E-state index is 0. The molecule has 2 aromatic rings. The van der Waals surface area contributed by atoms with Crippen molar-refractivity contribution in [1.82, 2.24) is 0 Å². The van der Waals surface area contributed by atoms with Gasteiger partial charge in [0, 0.05) is 12.1 Å². The van der Waals surface area contributed by atoms with E-state index in [4.69, 9.17) is 0 Å². The van der Waals surface area contributed by atoms with Gasteiger partial charge < -0.3 is 29.5 Å². The van der Waals surface area contributed by atoms with Crippen LogP contribution in [0, 0.1) is 0 Å². The molecular weight excluding hydrogens is 325 g/mol. The second-order valence-corrected chi connectivity index (χ2v) is 3.54. The molecule has 1 aromatic carbocycles. The Hall–Kier alpha value is -1.20. The number of pyridine rings is 1. The van der Waals surface area contributed by atoms with E-state index in [1.54, 1.807) is 0 Å². The predicted octanol–water partition coefficient (Wildman–Crippen LogP) is -1.14. The number of halogens is 1. The third-order valence-electron chi connectivity index (χ3n) is 2.27. The van der Waals surface area contributed by atoms with Gasteiger partial charge in [0.1, 0.15) is 7.05 Å². The number of hydrogen-bond donors (Lipinski definition) is 0. The van der Waals surface area contributed by atoms with E-state index in [2.05, 4.69) is 36.4 Å². The van der Waals surface area contributed by atoms with E-state index in [-0.39, 0.29) is 29.5 Å². The number of hydrogen-bond acceptors (Lipinski definition) is 0. The van der Waals surface area contributed by atoms with Gasteiger partial charge in [-0.2, -0.15) is 0 Å². The Morgan fingerprint density at radius 2 is 1.29 bits per heavy atom. The average Bonchev–Trinajstić information content (AvgIpc) is 2.30. The zero-order chi connectivity index (χ0) is 10.5. The molecule has 0 bridgehead atoms. The summed E-state index contributed by atoms with van der Waals surface area (Å²) in [6, 6.07) is 14.5. The molecule has 17 heavy (non-hydrogen) atoms. The maximum atomic E-state index is 2.12. The van der Waals surface area contributed by atoms with Crippen molar-refractivity contribution in [2.24, 2.45) is 7.05 Å². The monoisotopic (exact) mass is 341 g/mol. The maximum Gasteiger partial charge on any atom is 0.169 e. The molecule has 3 heteroatoms. The molecule has 0 radical (unpaired) electrons. The molecule has 1 aromatic heterocycles. The molecule has 0 atom stereocenters. The fourth-order valence-corrected chi connectivity index (χ4v) is 1.38. The summed E-state index contributed by atoms with van der Waals surface area (Å²) in [5.41, 5.74) is 2.45. The Kier molecular flexibility index (Phi) is 7.41. The number of benzene rings is 1. The Morgan fingerprint density at radius 3 is 1.82 bits per heavy atom. The van der Waals surface area contributed by atoms with Crippen molar-refractivity contribution in [1.29, 1.82) is 0 Å². The predicted molar refractivity (Wildman–Crippen MR) is 66.6 cm³/mol. The van der Waals surface area contributed by atoms with Gasteiger partial charge in [0.05, 0.1) is 0 Å². The van der Waals surface area contributed by atoms with Crippen LogP contribution in [0.25, 0.3) is 12.2 Å². The quantitative estimate of drug-likeness (QED) is 0.489. The molecule has 0 amide bonds. The van der Waals surface area contributed by atoms with Crippen LogP contribution >= 0.6 is 0 Å². The van der Waals surface area contributed by atoms with E-state index >= 15 is 0 Å². The summed E-state index contributed by atoms with van der Waals surface area (Å²) in [6.45, 7) is 0. The molecule has 2 N–H and O–H groups in total. The van der Waals surface area contributed by atoms with E-state index in [9.17, 15) is 0 Å². The average molecular weight is 341 g/mol. The SMILES string of the molecule is C[n+]1ccc(/C=C/c2ccccc2)cc1.O.[I-]. The van der Waals surface area contributed by atoms with Gasteiger partial charge in [-0.15, -0.1) is 0 Å². The van der Waals surface area contributed by atoms with Crippen molar-refractivity contribution in [3.63, 3.8) is 0 Å². The number of rotatable bonds is 2. The summed E-state index contributed by atoms with van der Waals surface area (Å²) in [6.07, 6.45) is 8.33. The largest absolute Gasteiger partial charge is 1.00 e. The van der Waals surface area contributed by atoms with Crippen molar-refractivity contribution in [2.45, 2.75) is 0 Å². The molecular formula is C14H16INO. The van der Waals surface area contributed by atoms with Gasteiger partial charge in [0.2, 0.25) is 0 Å². The highest BCUT2D eigenvalue weighted by atomic mass is 127. The van der Waals surface area contributed by atoms with Crippen molar-refractivity contribution in [3.8, 4) is 0 Å². The van der Waals surface area contributed by atoms with Gasteiger partial charge in [0.25, 0.3) is 0 Å². The first-order chi connectivity index (χ1) is 7.34. The zero-order valence-electron chi connectivity index (χ0n) is 9.68. The second kappa shape index (κ2) is 7.97. The summed E-state index contributed by atoms with van der Waals surface area (Å²) in [5.74, 6) is 0. The molecule has 0 fully saturated rings. The van der Waals surface area contributed by atoms with Crippen molar-refractivity contribution < 1.29 is 34.0 Å². The highest BCUT2D eigenvalue weighted by Gasteiger charge is 1.90. The molecule has 0 aliphatic rings. The molecule has 2 nitrogen and oxygen atoms in total. The lowest BCUT2D eigenvalue weighted by atomic mass is 10.1. The standard InChI is InChI=1S/C14H14N.HI.H2O/c1-15-11-9-14(10-12-15)8-7-13-5-3-2-4-6-13;;/h2-12H,1H3;1H;1H2/q+1;;/p-1/b8-7+;;. The fourth-order valence-electron chi connectivity index (χ4n) is 1.38. The van der Waals surface area contributed by atoms with E-state index in [1.165, 1.54) is 11.1 Å². The first-order valence-electron chi connectivity index (χ1n) is 5.03.